The molecule has 92 valence electrons. The van der Waals surface area contributed by atoms with E-state index in [9.17, 15) is 4.79 Å². The van der Waals surface area contributed by atoms with Crippen LogP contribution in [0.4, 0.5) is 4.79 Å². The molecule has 0 aromatic carbocycles. The fraction of sp³-hybridized carbons (Fsp3) is 0.583. The second-order valence-corrected chi connectivity index (χ2v) is 4.80. The number of hydrogen-bond donors (Lipinski definition) is 2. The number of carbonyl (C=O) groups is 1. The average Bonchev–Trinajstić information content (AvgIpc) is 2.68. The Labute approximate surface area is 101 Å². The molecule has 2 amide bonds. The minimum absolute atomic E-state index is 0.0161. The summed E-state index contributed by atoms with van der Waals surface area (Å²) in [7, 11) is 1.99. The van der Waals surface area contributed by atoms with E-state index in [4.69, 9.17) is 0 Å². The van der Waals surface area contributed by atoms with Crippen molar-refractivity contribution in [3.8, 4) is 0 Å². The summed E-state index contributed by atoms with van der Waals surface area (Å²) in [4.78, 5) is 16.1. The molecular weight excluding hydrogens is 216 g/mol. The average molecular weight is 234 g/mol. The van der Waals surface area contributed by atoms with E-state index in [-0.39, 0.29) is 12.2 Å². The molecule has 3 aliphatic heterocycles. The van der Waals surface area contributed by atoms with E-state index in [0.29, 0.717) is 6.04 Å². The standard InChI is InChI=1S/C12H18N4O/c1-15-8-2-3-10-11(15)14-12(17)16(10)9-4-6-13-7-5-9/h2-3,8-9,11,13H,4-7H2,1H3,(H,14,17). The molecule has 3 heterocycles. The first-order valence-corrected chi connectivity index (χ1v) is 6.18. The minimum Gasteiger partial charge on any atom is -0.356 e. The summed E-state index contributed by atoms with van der Waals surface area (Å²) in [6.07, 6.45) is 8.11. The number of allylic oxidation sites excluding steroid dienone is 2. The Balaban J connectivity index is 1.85. The van der Waals surface area contributed by atoms with Gasteiger partial charge in [0.1, 0.15) is 6.17 Å². The molecule has 2 N–H and O–H groups in total. The van der Waals surface area contributed by atoms with E-state index in [1.54, 1.807) is 0 Å². The first-order valence-electron chi connectivity index (χ1n) is 6.18. The molecule has 2 fully saturated rings. The lowest BCUT2D eigenvalue weighted by atomic mass is 10.0. The van der Waals surface area contributed by atoms with E-state index in [1.807, 2.05) is 35.2 Å². The van der Waals surface area contributed by atoms with Crippen LogP contribution in [0.25, 0.3) is 0 Å². The summed E-state index contributed by atoms with van der Waals surface area (Å²) in [5.41, 5.74) is 1.09. The van der Waals surface area contributed by atoms with Gasteiger partial charge < -0.3 is 15.5 Å². The van der Waals surface area contributed by atoms with Crippen molar-refractivity contribution in [3.05, 3.63) is 24.0 Å². The molecule has 5 nitrogen and oxygen atoms in total. The van der Waals surface area contributed by atoms with E-state index in [2.05, 4.69) is 10.6 Å². The monoisotopic (exact) mass is 234 g/mol. The molecule has 5 heteroatoms. The van der Waals surface area contributed by atoms with Gasteiger partial charge in [-0.05, 0) is 38.1 Å². The van der Waals surface area contributed by atoms with E-state index in [1.165, 1.54) is 0 Å². The Morgan fingerprint density at radius 1 is 1.35 bits per heavy atom. The van der Waals surface area contributed by atoms with Crippen molar-refractivity contribution in [1.82, 2.24) is 20.4 Å². The Bertz CT molecular complexity index is 384. The lowest BCUT2D eigenvalue weighted by Gasteiger charge is -2.33. The lowest BCUT2D eigenvalue weighted by Crippen LogP contribution is -2.44. The fourth-order valence-corrected chi connectivity index (χ4v) is 2.80. The maximum Gasteiger partial charge on any atom is 0.323 e. The number of carbonyl (C=O) groups excluding carboxylic acids is 1. The van der Waals surface area contributed by atoms with Gasteiger partial charge in [-0.3, -0.25) is 4.90 Å². The summed E-state index contributed by atoms with van der Waals surface area (Å²) in [5.74, 6) is 0. The molecule has 17 heavy (non-hydrogen) atoms. The molecule has 2 saturated heterocycles. The SMILES string of the molecule is CN1C=CC=C2C1NC(=O)N2C1CCNCC1. The second kappa shape index (κ2) is 4.07. The summed E-state index contributed by atoms with van der Waals surface area (Å²) in [5, 5.41) is 6.36. The van der Waals surface area contributed by atoms with Gasteiger partial charge in [0.05, 0.1) is 5.70 Å². The molecule has 1 unspecified atom stereocenters. The van der Waals surface area contributed by atoms with E-state index < -0.39 is 0 Å². The number of piperidine rings is 1. The van der Waals surface area contributed by atoms with Gasteiger partial charge in [0, 0.05) is 19.3 Å². The number of fused-ring (bicyclic) bond motifs is 1. The van der Waals surface area contributed by atoms with Crippen LogP contribution in [0.5, 0.6) is 0 Å². The van der Waals surface area contributed by atoms with Gasteiger partial charge in [-0.25, -0.2) is 4.79 Å². The molecule has 0 saturated carbocycles. The third kappa shape index (κ3) is 1.70. The van der Waals surface area contributed by atoms with Crippen LogP contribution in [0, 0.1) is 0 Å². The van der Waals surface area contributed by atoms with E-state index in [0.717, 1.165) is 31.6 Å². The summed E-state index contributed by atoms with van der Waals surface area (Å²) in [6, 6.07) is 0.385. The van der Waals surface area contributed by atoms with E-state index >= 15 is 0 Å². The van der Waals surface area contributed by atoms with Crippen molar-refractivity contribution in [3.63, 3.8) is 0 Å². The van der Waals surface area contributed by atoms with Crippen molar-refractivity contribution in [1.29, 1.82) is 0 Å². The Hall–Kier alpha value is -1.49. The number of rotatable bonds is 1. The van der Waals surface area contributed by atoms with Crippen LogP contribution in [0.15, 0.2) is 24.0 Å². The molecule has 3 rings (SSSR count). The molecule has 0 bridgehead atoms. The first kappa shape index (κ1) is 10.7. The van der Waals surface area contributed by atoms with Crippen LogP contribution in [-0.2, 0) is 0 Å². The van der Waals surface area contributed by atoms with Gasteiger partial charge in [-0.2, -0.15) is 0 Å². The highest BCUT2D eigenvalue weighted by Crippen LogP contribution is 2.28. The van der Waals surface area contributed by atoms with Crippen molar-refractivity contribution in [2.45, 2.75) is 25.0 Å². The molecule has 0 spiro atoms. The van der Waals surface area contributed by atoms with Gasteiger partial charge in [0.25, 0.3) is 0 Å². The Kier molecular flexibility index (Phi) is 2.55. The molecule has 0 aromatic rings. The largest absolute Gasteiger partial charge is 0.356 e. The first-order chi connectivity index (χ1) is 8.27. The molecule has 0 aliphatic carbocycles. The quantitative estimate of drug-likeness (QED) is 0.692. The number of hydrogen-bond acceptors (Lipinski definition) is 3. The van der Waals surface area contributed by atoms with Gasteiger partial charge in [0.15, 0.2) is 0 Å². The van der Waals surface area contributed by atoms with Gasteiger partial charge in [0.2, 0.25) is 0 Å². The lowest BCUT2D eigenvalue weighted by molar-refractivity contribution is 0.195. The van der Waals surface area contributed by atoms with Gasteiger partial charge in [-0.15, -0.1) is 0 Å². The van der Waals surface area contributed by atoms with Crippen LogP contribution in [0.1, 0.15) is 12.8 Å². The van der Waals surface area contributed by atoms with Crippen LogP contribution in [0.3, 0.4) is 0 Å². The molecule has 3 aliphatic rings. The smallest absolute Gasteiger partial charge is 0.323 e. The van der Waals surface area contributed by atoms with Crippen molar-refractivity contribution >= 4 is 6.03 Å². The third-order valence-corrected chi connectivity index (χ3v) is 3.71. The highest BCUT2D eigenvalue weighted by atomic mass is 16.2. The number of urea groups is 1. The maximum atomic E-state index is 12.1. The Morgan fingerprint density at radius 3 is 2.88 bits per heavy atom. The van der Waals surface area contributed by atoms with Crippen LogP contribution in [-0.4, -0.2) is 48.2 Å². The zero-order valence-electron chi connectivity index (χ0n) is 10.0. The number of likely N-dealkylation sites (N-methyl/N-ethyl adjacent to an activating group) is 1. The normalized spacial score (nSPS) is 29.1. The predicted octanol–water partition coefficient (Wildman–Crippen LogP) is 0.433. The maximum absolute atomic E-state index is 12.1. The summed E-state index contributed by atoms with van der Waals surface area (Å²) >= 11 is 0. The van der Waals surface area contributed by atoms with Crippen molar-refractivity contribution < 1.29 is 4.79 Å². The van der Waals surface area contributed by atoms with Crippen LogP contribution in [0.2, 0.25) is 0 Å². The molecular formula is C12H18N4O. The fourth-order valence-electron chi connectivity index (χ4n) is 2.80. The number of nitrogens with zero attached hydrogens (tertiary/aromatic N) is 2. The van der Waals surface area contributed by atoms with Crippen LogP contribution < -0.4 is 10.6 Å². The molecule has 0 aromatic heterocycles. The topological polar surface area (TPSA) is 47.6 Å². The summed E-state index contributed by atoms with van der Waals surface area (Å²) in [6.45, 7) is 2.00. The molecule has 1 atom stereocenters. The van der Waals surface area contributed by atoms with Gasteiger partial charge >= 0.3 is 6.03 Å². The highest BCUT2D eigenvalue weighted by molar-refractivity contribution is 5.81. The minimum atomic E-state index is 0.0161. The third-order valence-electron chi connectivity index (χ3n) is 3.71. The predicted molar refractivity (Wildman–Crippen MR) is 65.0 cm³/mol. The van der Waals surface area contributed by atoms with Crippen LogP contribution >= 0.6 is 0 Å². The Morgan fingerprint density at radius 2 is 2.12 bits per heavy atom. The number of nitrogens with one attached hydrogen (secondary N) is 2. The number of amides is 2. The highest BCUT2D eigenvalue weighted by Gasteiger charge is 2.40. The van der Waals surface area contributed by atoms with Gasteiger partial charge in [-0.1, -0.05) is 0 Å². The second-order valence-electron chi connectivity index (χ2n) is 4.80. The van der Waals surface area contributed by atoms with Crippen molar-refractivity contribution in [2.75, 3.05) is 20.1 Å². The zero-order valence-corrected chi connectivity index (χ0v) is 10.0. The zero-order chi connectivity index (χ0) is 11.8. The summed E-state index contributed by atoms with van der Waals surface area (Å²) < 4.78 is 0. The van der Waals surface area contributed by atoms with Crippen molar-refractivity contribution in [2.24, 2.45) is 0 Å². The molecule has 0 radical (unpaired) electrons.